The molecule has 0 bridgehead atoms. The standard InChI is InChI=1S/C23H18F6N2O/c24-22(25,26)17-11-18(23(27,28)29)13-19(12-17)31-21(32)30-14-20(15-7-3-1-4-8-15)16-9-5-2-6-10-16/h1-13,20H,14H2,(H2,30,31,32). The van der Waals surface area contributed by atoms with Gasteiger partial charge in [0, 0.05) is 18.2 Å². The Bertz CT molecular complexity index is 978. The van der Waals surface area contributed by atoms with Gasteiger partial charge in [0.15, 0.2) is 0 Å². The van der Waals surface area contributed by atoms with Gasteiger partial charge in [-0.1, -0.05) is 60.7 Å². The van der Waals surface area contributed by atoms with Crippen LogP contribution < -0.4 is 10.6 Å². The van der Waals surface area contributed by atoms with Crippen LogP contribution in [0.3, 0.4) is 0 Å². The molecule has 3 nitrogen and oxygen atoms in total. The molecule has 0 saturated carbocycles. The summed E-state index contributed by atoms with van der Waals surface area (Å²) in [5.74, 6) is -0.268. The third-order valence-corrected chi connectivity index (χ3v) is 4.72. The van der Waals surface area contributed by atoms with Gasteiger partial charge in [0.2, 0.25) is 0 Å². The van der Waals surface area contributed by atoms with E-state index in [1.54, 1.807) is 0 Å². The van der Waals surface area contributed by atoms with Gasteiger partial charge >= 0.3 is 18.4 Å². The molecule has 0 aliphatic carbocycles. The molecule has 3 rings (SSSR count). The van der Waals surface area contributed by atoms with Crippen molar-refractivity contribution >= 4 is 11.7 Å². The van der Waals surface area contributed by atoms with Crippen molar-refractivity contribution < 1.29 is 31.1 Å². The first-order chi connectivity index (χ1) is 15.0. The summed E-state index contributed by atoms with van der Waals surface area (Å²) in [5.41, 5.74) is -1.85. The van der Waals surface area contributed by atoms with Gasteiger partial charge in [0.25, 0.3) is 0 Å². The Hall–Kier alpha value is -3.49. The third kappa shape index (κ3) is 6.03. The number of carbonyl (C=O) groups is 1. The number of amides is 2. The number of halogens is 6. The Balaban J connectivity index is 1.78. The SMILES string of the molecule is O=C(NCC(c1ccccc1)c1ccccc1)Nc1cc(C(F)(F)F)cc(C(F)(F)F)c1. The van der Waals surface area contributed by atoms with Crippen molar-refractivity contribution in [1.29, 1.82) is 0 Å². The van der Waals surface area contributed by atoms with Crippen LogP contribution in [-0.2, 0) is 12.4 Å². The van der Waals surface area contributed by atoms with E-state index in [-0.39, 0.29) is 18.5 Å². The van der Waals surface area contributed by atoms with Crippen LogP contribution in [-0.4, -0.2) is 12.6 Å². The predicted molar refractivity (Wildman–Crippen MR) is 108 cm³/mol. The monoisotopic (exact) mass is 452 g/mol. The first kappa shape index (κ1) is 23.2. The molecule has 2 N–H and O–H groups in total. The highest BCUT2D eigenvalue weighted by Crippen LogP contribution is 2.37. The molecule has 2 amide bonds. The fourth-order valence-electron chi connectivity index (χ4n) is 3.20. The Labute approximate surface area is 180 Å². The van der Waals surface area contributed by atoms with E-state index in [1.807, 2.05) is 60.7 Å². The van der Waals surface area contributed by atoms with Crippen LogP contribution in [0.1, 0.15) is 28.2 Å². The van der Waals surface area contributed by atoms with Crippen LogP contribution in [0.25, 0.3) is 0 Å². The van der Waals surface area contributed by atoms with Crippen molar-refractivity contribution in [1.82, 2.24) is 5.32 Å². The van der Waals surface area contributed by atoms with Crippen LogP contribution >= 0.6 is 0 Å². The van der Waals surface area contributed by atoms with Crippen LogP contribution in [0.5, 0.6) is 0 Å². The van der Waals surface area contributed by atoms with Crippen LogP contribution in [0.2, 0.25) is 0 Å². The number of alkyl halides is 6. The minimum atomic E-state index is -5.00. The highest BCUT2D eigenvalue weighted by Gasteiger charge is 2.37. The Morgan fingerprint density at radius 3 is 1.56 bits per heavy atom. The minimum absolute atomic E-state index is 0.00389. The topological polar surface area (TPSA) is 41.1 Å². The molecule has 0 saturated heterocycles. The summed E-state index contributed by atoms with van der Waals surface area (Å²) in [5, 5.41) is 4.61. The Morgan fingerprint density at radius 2 is 1.16 bits per heavy atom. The lowest BCUT2D eigenvalue weighted by molar-refractivity contribution is -0.143. The van der Waals surface area contributed by atoms with Crippen molar-refractivity contribution in [2.24, 2.45) is 0 Å². The van der Waals surface area contributed by atoms with Gasteiger partial charge in [-0.15, -0.1) is 0 Å². The molecule has 3 aromatic carbocycles. The summed E-state index contributed by atoms with van der Waals surface area (Å²) in [6.45, 7) is 0.0744. The van der Waals surface area contributed by atoms with E-state index in [1.165, 1.54) is 0 Å². The first-order valence-electron chi connectivity index (χ1n) is 9.48. The second-order valence-electron chi connectivity index (χ2n) is 7.00. The first-order valence-corrected chi connectivity index (χ1v) is 9.48. The Morgan fingerprint density at radius 1 is 0.719 bits per heavy atom. The largest absolute Gasteiger partial charge is 0.416 e. The van der Waals surface area contributed by atoms with Crippen molar-refractivity contribution in [2.75, 3.05) is 11.9 Å². The van der Waals surface area contributed by atoms with E-state index < -0.39 is 35.2 Å². The number of hydrogen-bond acceptors (Lipinski definition) is 1. The number of nitrogens with one attached hydrogen (secondary N) is 2. The highest BCUT2D eigenvalue weighted by molar-refractivity contribution is 5.89. The molecular formula is C23H18F6N2O. The van der Waals surface area contributed by atoms with Crippen molar-refractivity contribution in [3.05, 3.63) is 101 Å². The average molecular weight is 452 g/mol. The summed E-state index contributed by atoms with van der Waals surface area (Å²) in [6.07, 6.45) is -10.0. The van der Waals surface area contributed by atoms with Crippen molar-refractivity contribution in [3.63, 3.8) is 0 Å². The zero-order chi connectivity index (χ0) is 23.4. The second kappa shape index (κ2) is 9.33. The molecule has 0 radical (unpaired) electrons. The van der Waals surface area contributed by atoms with Crippen LogP contribution in [0, 0.1) is 0 Å². The molecule has 9 heteroatoms. The van der Waals surface area contributed by atoms with E-state index in [9.17, 15) is 31.1 Å². The maximum Gasteiger partial charge on any atom is 0.416 e. The zero-order valence-corrected chi connectivity index (χ0v) is 16.5. The number of anilines is 1. The molecule has 0 fully saturated rings. The number of hydrogen-bond donors (Lipinski definition) is 2. The third-order valence-electron chi connectivity index (χ3n) is 4.72. The quantitative estimate of drug-likeness (QED) is 0.417. The van der Waals surface area contributed by atoms with Gasteiger partial charge in [0.05, 0.1) is 11.1 Å². The van der Waals surface area contributed by atoms with E-state index in [0.717, 1.165) is 11.1 Å². The Kier molecular flexibility index (Phi) is 6.76. The van der Waals surface area contributed by atoms with Crippen LogP contribution in [0.15, 0.2) is 78.9 Å². The highest BCUT2D eigenvalue weighted by atomic mass is 19.4. The molecule has 0 spiro atoms. The molecule has 0 aromatic heterocycles. The van der Waals surface area contributed by atoms with E-state index in [2.05, 4.69) is 10.6 Å². The normalized spacial score (nSPS) is 12.0. The second-order valence-corrected chi connectivity index (χ2v) is 7.00. The molecule has 32 heavy (non-hydrogen) atoms. The van der Waals surface area contributed by atoms with Gasteiger partial charge in [0.1, 0.15) is 0 Å². The van der Waals surface area contributed by atoms with E-state index in [0.29, 0.717) is 12.1 Å². The number of benzene rings is 3. The van der Waals surface area contributed by atoms with E-state index in [4.69, 9.17) is 0 Å². The molecule has 0 unspecified atom stereocenters. The fraction of sp³-hybridized carbons (Fsp3) is 0.174. The molecular weight excluding hydrogens is 434 g/mol. The molecule has 3 aromatic rings. The van der Waals surface area contributed by atoms with E-state index >= 15 is 0 Å². The molecule has 0 aliphatic heterocycles. The van der Waals surface area contributed by atoms with Gasteiger partial charge in [-0.25, -0.2) is 4.79 Å². The number of carbonyl (C=O) groups excluding carboxylic acids is 1. The van der Waals surface area contributed by atoms with Gasteiger partial charge in [-0.05, 0) is 29.3 Å². The summed E-state index contributed by atoms with van der Waals surface area (Å²) in [4.78, 5) is 12.3. The zero-order valence-electron chi connectivity index (χ0n) is 16.5. The smallest absolute Gasteiger partial charge is 0.337 e. The van der Waals surface area contributed by atoms with Gasteiger partial charge in [-0.2, -0.15) is 26.3 Å². The lowest BCUT2D eigenvalue weighted by atomic mass is 9.91. The average Bonchev–Trinajstić information content (AvgIpc) is 2.74. The minimum Gasteiger partial charge on any atom is -0.337 e. The molecule has 0 atom stereocenters. The number of urea groups is 1. The number of rotatable bonds is 5. The van der Waals surface area contributed by atoms with Crippen molar-refractivity contribution in [3.8, 4) is 0 Å². The summed E-state index contributed by atoms with van der Waals surface area (Å²) < 4.78 is 78.0. The lowest BCUT2D eigenvalue weighted by Gasteiger charge is -2.19. The molecule has 168 valence electrons. The maximum atomic E-state index is 13.0. The summed E-state index contributed by atoms with van der Waals surface area (Å²) in [6, 6.07) is 18.4. The van der Waals surface area contributed by atoms with Gasteiger partial charge in [-0.3, -0.25) is 0 Å². The predicted octanol–water partition coefficient (Wildman–Crippen LogP) is 6.68. The van der Waals surface area contributed by atoms with Gasteiger partial charge < -0.3 is 10.6 Å². The maximum absolute atomic E-state index is 13.0. The molecule has 0 heterocycles. The lowest BCUT2D eigenvalue weighted by Crippen LogP contribution is -2.33. The summed E-state index contributed by atoms with van der Waals surface area (Å²) >= 11 is 0. The fourth-order valence-corrected chi connectivity index (χ4v) is 3.20. The van der Waals surface area contributed by atoms with Crippen LogP contribution in [0.4, 0.5) is 36.8 Å². The molecule has 0 aliphatic rings. The van der Waals surface area contributed by atoms with Crippen molar-refractivity contribution in [2.45, 2.75) is 18.3 Å². The summed E-state index contributed by atoms with van der Waals surface area (Å²) in [7, 11) is 0.